The summed E-state index contributed by atoms with van der Waals surface area (Å²) >= 11 is 0. The molecule has 3 saturated carbocycles. The molecule has 1 aromatic carbocycles. The van der Waals surface area contributed by atoms with Gasteiger partial charge in [-0.1, -0.05) is 43.2 Å². The van der Waals surface area contributed by atoms with Crippen molar-refractivity contribution >= 4 is 16.1 Å². The summed E-state index contributed by atoms with van der Waals surface area (Å²) < 4.78 is 37.7. The molecule has 0 heterocycles. The lowest BCUT2D eigenvalue weighted by atomic mass is 9.48. The van der Waals surface area contributed by atoms with Gasteiger partial charge in [0.05, 0.1) is 11.0 Å². The maximum absolute atomic E-state index is 13.1. The largest absolute Gasteiger partial charge is 0.462 e. The molecular weight excluding hydrogens is 448 g/mol. The lowest BCUT2D eigenvalue weighted by Gasteiger charge is -2.57. The average Bonchev–Trinajstić information content (AvgIpc) is 3.09. The number of carbonyl (C=O) groups is 1. The summed E-state index contributed by atoms with van der Waals surface area (Å²) in [6.07, 6.45) is 10.0. The number of carbonyl (C=O) groups excluding carboxylic acids is 1. The Bertz CT molecular complexity index is 1090. The maximum Gasteiger partial charge on any atom is 0.302 e. The molecule has 5 nitrogen and oxygen atoms in total. The number of rotatable bonds is 4. The van der Waals surface area contributed by atoms with Gasteiger partial charge in [0.1, 0.15) is 6.10 Å². The number of fused-ring (bicyclic) bond motifs is 5. The fourth-order valence-corrected chi connectivity index (χ4v) is 9.19. The van der Waals surface area contributed by atoms with Crippen LogP contribution in [0.25, 0.3) is 0 Å². The molecule has 0 N–H and O–H groups in total. The fraction of sp³-hybridized carbons (Fsp3) is 0.679. The summed E-state index contributed by atoms with van der Waals surface area (Å²) in [5.74, 6) is 1.46. The molecule has 3 fully saturated rings. The molecule has 0 unspecified atom stereocenters. The zero-order chi connectivity index (χ0) is 24.3. The van der Waals surface area contributed by atoms with E-state index in [0.717, 1.165) is 56.9 Å². The Morgan fingerprint density at radius 2 is 1.74 bits per heavy atom. The van der Waals surface area contributed by atoms with Gasteiger partial charge in [-0.15, -0.1) is 0 Å². The Hall–Kier alpha value is -1.66. The first kappa shape index (κ1) is 24.1. The molecule has 0 radical (unpaired) electrons. The molecule has 1 aromatic rings. The van der Waals surface area contributed by atoms with Crippen LogP contribution >= 0.6 is 0 Å². The predicted molar refractivity (Wildman–Crippen MR) is 130 cm³/mol. The van der Waals surface area contributed by atoms with Crippen LogP contribution in [0.4, 0.5) is 0 Å². The Morgan fingerprint density at radius 1 is 1.00 bits per heavy atom. The molecule has 4 aliphatic rings. The van der Waals surface area contributed by atoms with Crippen molar-refractivity contribution in [1.82, 2.24) is 0 Å². The van der Waals surface area contributed by atoms with Gasteiger partial charge in [-0.25, -0.2) is 0 Å². The first-order valence-corrected chi connectivity index (χ1v) is 14.3. The van der Waals surface area contributed by atoms with Crippen LogP contribution in [0.2, 0.25) is 0 Å². The van der Waals surface area contributed by atoms with Crippen LogP contribution in [-0.4, -0.2) is 26.6 Å². The van der Waals surface area contributed by atoms with E-state index in [1.54, 1.807) is 12.1 Å². The summed E-state index contributed by atoms with van der Waals surface area (Å²) in [5, 5.41) is 0. The van der Waals surface area contributed by atoms with Crippen LogP contribution in [0.3, 0.4) is 0 Å². The zero-order valence-corrected chi connectivity index (χ0v) is 21.7. The molecule has 0 spiro atoms. The van der Waals surface area contributed by atoms with Crippen LogP contribution in [0.5, 0.6) is 0 Å². The van der Waals surface area contributed by atoms with Gasteiger partial charge in [-0.2, -0.15) is 8.42 Å². The van der Waals surface area contributed by atoms with E-state index in [0.29, 0.717) is 17.8 Å². The highest BCUT2D eigenvalue weighted by molar-refractivity contribution is 7.86. The van der Waals surface area contributed by atoms with E-state index in [1.807, 2.05) is 19.1 Å². The Labute approximate surface area is 204 Å². The maximum atomic E-state index is 13.1. The molecule has 34 heavy (non-hydrogen) atoms. The van der Waals surface area contributed by atoms with Crippen LogP contribution in [0.1, 0.15) is 77.7 Å². The second-order valence-electron chi connectivity index (χ2n) is 11.7. The van der Waals surface area contributed by atoms with Crippen LogP contribution in [-0.2, 0) is 23.8 Å². The highest BCUT2D eigenvalue weighted by Crippen LogP contribution is 2.65. The van der Waals surface area contributed by atoms with Gasteiger partial charge in [0.25, 0.3) is 10.1 Å². The van der Waals surface area contributed by atoms with Crippen molar-refractivity contribution in [2.45, 2.75) is 96.2 Å². The summed E-state index contributed by atoms with van der Waals surface area (Å²) in [5.41, 5.74) is 2.55. The van der Waals surface area contributed by atoms with Crippen LogP contribution < -0.4 is 0 Å². The van der Waals surface area contributed by atoms with Gasteiger partial charge in [0, 0.05) is 13.3 Å². The molecule has 5 rings (SSSR count). The summed E-state index contributed by atoms with van der Waals surface area (Å²) in [6, 6.07) is 6.94. The van der Waals surface area contributed by atoms with E-state index in [2.05, 4.69) is 19.9 Å². The lowest BCUT2D eigenvalue weighted by molar-refractivity contribution is -0.148. The van der Waals surface area contributed by atoms with E-state index in [1.165, 1.54) is 12.5 Å². The van der Waals surface area contributed by atoms with Gasteiger partial charge in [-0.3, -0.25) is 8.98 Å². The highest BCUT2D eigenvalue weighted by Gasteiger charge is 2.59. The van der Waals surface area contributed by atoms with Gasteiger partial charge >= 0.3 is 5.97 Å². The summed E-state index contributed by atoms with van der Waals surface area (Å²) in [7, 11) is -3.78. The Balaban J connectivity index is 1.35. The quantitative estimate of drug-likeness (QED) is 0.298. The number of hydrogen-bond donors (Lipinski definition) is 0. The molecule has 186 valence electrons. The Kier molecular flexibility index (Phi) is 6.00. The molecule has 0 bridgehead atoms. The third kappa shape index (κ3) is 3.95. The van der Waals surface area contributed by atoms with Crippen molar-refractivity contribution in [1.29, 1.82) is 0 Å². The van der Waals surface area contributed by atoms with E-state index in [9.17, 15) is 13.2 Å². The summed E-state index contributed by atoms with van der Waals surface area (Å²) in [6.45, 7) is 8.15. The lowest BCUT2D eigenvalue weighted by Crippen LogP contribution is -2.51. The minimum atomic E-state index is -3.78. The molecule has 7 atom stereocenters. The van der Waals surface area contributed by atoms with Gasteiger partial charge in [0.2, 0.25) is 0 Å². The second kappa shape index (κ2) is 8.48. The Morgan fingerprint density at radius 3 is 2.44 bits per heavy atom. The molecular formula is C28H38O5S. The van der Waals surface area contributed by atoms with Crippen molar-refractivity contribution in [2.75, 3.05) is 0 Å². The molecule has 6 heteroatoms. The first-order chi connectivity index (χ1) is 16.0. The smallest absolute Gasteiger partial charge is 0.302 e. The monoisotopic (exact) mass is 486 g/mol. The van der Waals surface area contributed by atoms with E-state index < -0.39 is 10.1 Å². The van der Waals surface area contributed by atoms with E-state index >= 15 is 0 Å². The third-order valence-electron chi connectivity index (χ3n) is 9.86. The number of aryl methyl sites for hydroxylation is 1. The highest BCUT2D eigenvalue weighted by atomic mass is 32.2. The topological polar surface area (TPSA) is 69.7 Å². The number of ether oxygens (including phenoxy) is 1. The summed E-state index contributed by atoms with van der Waals surface area (Å²) in [4.78, 5) is 11.7. The zero-order valence-electron chi connectivity index (χ0n) is 20.9. The minimum Gasteiger partial charge on any atom is -0.462 e. The first-order valence-electron chi connectivity index (χ1n) is 12.9. The molecule has 4 aliphatic carbocycles. The van der Waals surface area contributed by atoms with E-state index in [4.69, 9.17) is 8.92 Å². The number of benzene rings is 1. The van der Waals surface area contributed by atoms with Crippen molar-refractivity contribution in [3.05, 3.63) is 41.5 Å². The van der Waals surface area contributed by atoms with Gasteiger partial charge < -0.3 is 4.74 Å². The SMILES string of the molecule is CC(=O)O[C@@H]1CC[C@@]2(C)C(=CC[C@H]3[C@@H]4CC[C@H](OS(=O)(=O)c5ccc(C)cc5)[C@@]4(C)CC[C@@H]32)C1. The number of esters is 1. The fourth-order valence-electron chi connectivity index (χ4n) is 7.99. The predicted octanol–water partition coefficient (Wildman–Crippen LogP) is 5.96. The second-order valence-corrected chi connectivity index (χ2v) is 13.3. The standard InChI is InChI=1S/C28H38O5S/c1-18-5-8-22(9-6-18)34(30,31)33-26-12-11-24-23-10-7-20-17-21(32-19(2)29)13-15-27(20,3)25(23)14-16-28(24,26)4/h5-9,21,23-26H,10-17H2,1-4H3/t21-,23+,24+,25+,26+,27+,28+/m1/s1. The number of allylic oxidation sites excluding steroid dienone is 1. The van der Waals surface area contributed by atoms with Crippen molar-refractivity contribution in [3.8, 4) is 0 Å². The van der Waals surface area contributed by atoms with Crippen molar-refractivity contribution in [3.63, 3.8) is 0 Å². The normalized spacial score (nSPS) is 39.4. The molecule has 0 amide bonds. The van der Waals surface area contributed by atoms with Crippen molar-refractivity contribution < 1.29 is 22.1 Å². The molecule has 0 saturated heterocycles. The molecule has 0 aromatic heterocycles. The van der Waals surface area contributed by atoms with Crippen LogP contribution in [0.15, 0.2) is 40.8 Å². The van der Waals surface area contributed by atoms with Crippen LogP contribution in [0, 0.1) is 35.5 Å². The van der Waals surface area contributed by atoms with Crippen molar-refractivity contribution in [2.24, 2.45) is 28.6 Å². The van der Waals surface area contributed by atoms with Gasteiger partial charge in [-0.05, 0) is 92.6 Å². The third-order valence-corrected chi connectivity index (χ3v) is 11.2. The number of hydrogen-bond acceptors (Lipinski definition) is 5. The van der Waals surface area contributed by atoms with Gasteiger partial charge in [0.15, 0.2) is 0 Å². The van der Waals surface area contributed by atoms with E-state index in [-0.39, 0.29) is 33.9 Å². The molecule has 0 aliphatic heterocycles. The minimum absolute atomic E-state index is 0.0125. The average molecular weight is 487 g/mol.